The van der Waals surface area contributed by atoms with Gasteiger partial charge in [-0.15, -0.1) is 0 Å². The van der Waals surface area contributed by atoms with E-state index in [2.05, 4.69) is 13.8 Å². The van der Waals surface area contributed by atoms with E-state index >= 15 is 0 Å². The summed E-state index contributed by atoms with van der Waals surface area (Å²) in [6.07, 6.45) is 1.28. The quantitative estimate of drug-likeness (QED) is 0.211. The number of nitrogens with zero attached hydrogens (tertiary/aromatic N) is 2. The SMILES string of the molecule is COc1cc2c(c(OC)c1OC)-c1c(cc(OC)c(OC)c1Oc1ccc([N+](=O)[O-])cc1[N+](=O)[O-])C[C@H](C)[C@H](C)C2. The lowest BCUT2D eigenvalue weighted by Gasteiger charge is -2.31. The predicted octanol–water partition coefficient (Wildman–Crippen LogP) is 6.38. The van der Waals surface area contributed by atoms with E-state index in [1.807, 2.05) is 12.1 Å². The van der Waals surface area contributed by atoms with Gasteiger partial charge in [0.25, 0.3) is 5.69 Å². The van der Waals surface area contributed by atoms with Gasteiger partial charge in [0, 0.05) is 17.2 Å². The first-order chi connectivity index (χ1) is 19.6. The molecular weight excluding hydrogens is 536 g/mol. The molecule has 3 aromatic carbocycles. The average Bonchev–Trinajstić information content (AvgIpc) is 2.95. The zero-order chi connectivity index (χ0) is 30.0. The summed E-state index contributed by atoms with van der Waals surface area (Å²) >= 11 is 0. The maximum atomic E-state index is 12.0. The van der Waals surface area contributed by atoms with Crippen LogP contribution in [0.25, 0.3) is 11.1 Å². The third-order valence-corrected chi connectivity index (χ3v) is 7.49. The molecule has 2 atom stereocenters. The van der Waals surface area contributed by atoms with Gasteiger partial charge < -0.3 is 28.4 Å². The normalized spacial score (nSPS) is 15.9. The Balaban J connectivity index is 2.15. The van der Waals surface area contributed by atoms with Crippen LogP contribution in [0.5, 0.6) is 40.2 Å². The molecule has 0 saturated carbocycles. The Morgan fingerprint density at radius 3 is 1.56 bits per heavy atom. The third kappa shape index (κ3) is 5.24. The summed E-state index contributed by atoms with van der Waals surface area (Å²) in [5, 5.41) is 23.3. The summed E-state index contributed by atoms with van der Waals surface area (Å²) in [5.41, 5.74) is 1.91. The molecule has 12 nitrogen and oxygen atoms in total. The van der Waals surface area contributed by atoms with Crippen LogP contribution in [-0.4, -0.2) is 45.4 Å². The molecule has 41 heavy (non-hydrogen) atoms. The molecule has 0 N–H and O–H groups in total. The number of fused-ring (bicyclic) bond motifs is 3. The molecule has 12 heteroatoms. The Labute approximate surface area is 237 Å². The van der Waals surface area contributed by atoms with E-state index < -0.39 is 21.2 Å². The van der Waals surface area contributed by atoms with Crippen molar-refractivity contribution in [2.75, 3.05) is 35.5 Å². The van der Waals surface area contributed by atoms with Crippen molar-refractivity contribution in [2.45, 2.75) is 26.7 Å². The van der Waals surface area contributed by atoms with E-state index in [0.29, 0.717) is 47.0 Å². The topological polar surface area (TPSA) is 142 Å². The largest absolute Gasteiger partial charge is 0.493 e. The Bertz CT molecular complexity index is 1500. The number of non-ortho nitro benzene ring substituents is 1. The van der Waals surface area contributed by atoms with E-state index in [1.54, 1.807) is 7.11 Å². The van der Waals surface area contributed by atoms with Crippen LogP contribution in [0.15, 0.2) is 30.3 Å². The molecule has 1 aliphatic carbocycles. The number of nitro groups is 2. The Kier molecular flexibility index (Phi) is 8.41. The highest BCUT2D eigenvalue weighted by Crippen LogP contribution is 2.57. The smallest absolute Gasteiger partial charge is 0.318 e. The van der Waals surface area contributed by atoms with Crippen molar-refractivity contribution in [3.8, 4) is 51.4 Å². The fourth-order valence-corrected chi connectivity index (χ4v) is 5.24. The number of hydrogen-bond acceptors (Lipinski definition) is 10. The molecular formula is C29H32N2O10. The van der Waals surface area contributed by atoms with Gasteiger partial charge in [0.1, 0.15) is 0 Å². The minimum Gasteiger partial charge on any atom is -0.493 e. The molecule has 0 aliphatic heterocycles. The second-order valence-electron chi connectivity index (χ2n) is 9.79. The number of benzene rings is 3. The fourth-order valence-electron chi connectivity index (χ4n) is 5.24. The van der Waals surface area contributed by atoms with E-state index in [9.17, 15) is 20.2 Å². The van der Waals surface area contributed by atoms with Crippen LogP contribution in [0.1, 0.15) is 25.0 Å². The third-order valence-electron chi connectivity index (χ3n) is 7.49. The van der Waals surface area contributed by atoms with E-state index in [1.165, 1.54) is 34.5 Å². The van der Waals surface area contributed by atoms with Gasteiger partial charge in [-0.3, -0.25) is 20.2 Å². The maximum absolute atomic E-state index is 12.0. The highest BCUT2D eigenvalue weighted by molar-refractivity contribution is 5.89. The highest BCUT2D eigenvalue weighted by atomic mass is 16.6. The second-order valence-corrected chi connectivity index (χ2v) is 9.79. The molecule has 0 heterocycles. The van der Waals surface area contributed by atoms with Gasteiger partial charge >= 0.3 is 5.69 Å². The van der Waals surface area contributed by atoms with Gasteiger partial charge in [-0.1, -0.05) is 13.8 Å². The van der Waals surface area contributed by atoms with Crippen molar-refractivity contribution in [3.05, 3.63) is 61.7 Å². The second kappa shape index (κ2) is 11.8. The Morgan fingerprint density at radius 1 is 0.634 bits per heavy atom. The average molecular weight is 569 g/mol. The van der Waals surface area contributed by atoms with Gasteiger partial charge in [0.2, 0.25) is 17.2 Å². The maximum Gasteiger partial charge on any atom is 0.318 e. The van der Waals surface area contributed by atoms with Gasteiger partial charge in [0.05, 0.1) is 51.5 Å². The molecule has 0 saturated heterocycles. The summed E-state index contributed by atoms with van der Waals surface area (Å²) in [5.74, 6) is 2.18. The Hall–Kier alpha value is -4.74. The van der Waals surface area contributed by atoms with Crippen LogP contribution in [-0.2, 0) is 12.8 Å². The summed E-state index contributed by atoms with van der Waals surface area (Å²) in [7, 11) is 7.49. The lowest BCUT2D eigenvalue weighted by molar-refractivity contribution is -0.394. The standard InChI is InChI=1S/C29H32N2O10/c1-15-10-17-12-22(36-3)26(38-5)28(40-7)24(17)25-18(11-16(15)2)13-23(37-4)27(39-6)29(25)41-21-9-8-19(30(32)33)14-20(21)31(34)35/h8-9,12-16H,10-11H2,1-7H3/t15-,16+/m1/s1. The molecule has 0 aromatic heterocycles. The van der Waals surface area contributed by atoms with Crippen molar-refractivity contribution < 1.29 is 38.3 Å². The van der Waals surface area contributed by atoms with Crippen LogP contribution >= 0.6 is 0 Å². The molecule has 0 bridgehead atoms. The number of hydrogen-bond donors (Lipinski definition) is 0. The summed E-state index contributed by atoms with van der Waals surface area (Å²) in [6, 6.07) is 6.95. The van der Waals surface area contributed by atoms with Gasteiger partial charge in [-0.2, -0.15) is 0 Å². The van der Waals surface area contributed by atoms with Crippen molar-refractivity contribution in [2.24, 2.45) is 11.8 Å². The van der Waals surface area contributed by atoms with Gasteiger partial charge in [0.15, 0.2) is 23.0 Å². The summed E-state index contributed by atoms with van der Waals surface area (Å²) in [6.45, 7) is 4.32. The fraction of sp³-hybridized carbons (Fsp3) is 0.379. The molecule has 0 radical (unpaired) electrons. The number of methoxy groups -OCH3 is 5. The first-order valence-corrected chi connectivity index (χ1v) is 12.8. The molecule has 0 spiro atoms. The van der Waals surface area contributed by atoms with E-state index in [0.717, 1.165) is 23.3 Å². The minimum absolute atomic E-state index is 0.132. The van der Waals surface area contributed by atoms with Crippen LogP contribution in [0.4, 0.5) is 11.4 Å². The van der Waals surface area contributed by atoms with Crippen molar-refractivity contribution in [1.29, 1.82) is 0 Å². The molecule has 4 rings (SSSR count). The van der Waals surface area contributed by atoms with Crippen molar-refractivity contribution in [3.63, 3.8) is 0 Å². The predicted molar refractivity (Wildman–Crippen MR) is 150 cm³/mol. The lowest BCUT2D eigenvalue weighted by atomic mass is 9.77. The summed E-state index contributed by atoms with van der Waals surface area (Å²) < 4.78 is 35.0. The van der Waals surface area contributed by atoms with E-state index in [-0.39, 0.29) is 29.1 Å². The highest BCUT2D eigenvalue weighted by Gasteiger charge is 2.34. The number of ether oxygens (including phenoxy) is 6. The zero-order valence-electron chi connectivity index (χ0n) is 23.9. The Morgan fingerprint density at radius 2 is 1.12 bits per heavy atom. The molecule has 0 fully saturated rings. The van der Waals surface area contributed by atoms with Crippen LogP contribution in [0.3, 0.4) is 0 Å². The first-order valence-electron chi connectivity index (χ1n) is 12.8. The lowest BCUT2D eigenvalue weighted by Crippen LogP contribution is -2.18. The molecule has 218 valence electrons. The van der Waals surface area contributed by atoms with Crippen LogP contribution < -0.4 is 28.4 Å². The van der Waals surface area contributed by atoms with Gasteiger partial charge in [-0.05, 0) is 54.0 Å². The minimum atomic E-state index is -0.731. The van der Waals surface area contributed by atoms with Crippen LogP contribution in [0.2, 0.25) is 0 Å². The zero-order valence-corrected chi connectivity index (χ0v) is 23.9. The van der Waals surface area contributed by atoms with Crippen molar-refractivity contribution in [1.82, 2.24) is 0 Å². The molecule has 0 unspecified atom stereocenters. The number of rotatable bonds is 9. The van der Waals surface area contributed by atoms with Crippen molar-refractivity contribution >= 4 is 11.4 Å². The van der Waals surface area contributed by atoms with Gasteiger partial charge in [-0.25, -0.2) is 0 Å². The molecule has 3 aromatic rings. The first kappa shape index (κ1) is 29.2. The van der Waals surface area contributed by atoms with E-state index in [4.69, 9.17) is 28.4 Å². The number of nitro benzene ring substituents is 2. The molecule has 1 aliphatic rings. The molecule has 0 amide bonds. The monoisotopic (exact) mass is 568 g/mol. The summed E-state index contributed by atoms with van der Waals surface area (Å²) in [4.78, 5) is 21.9. The van der Waals surface area contributed by atoms with Crippen LogP contribution in [0, 0.1) is 32.1 Å².